The van der Waals surface area contributed by atoms with Gasteiger partial charge in [0.1, 0.15) is 19.0 Å². The van der Waals surface area contributed by atoms with E-state index >= 15 is 0 Å². The Labute approximate surface area is 190 Å². The molecule has 1 aromatic heterocycles. The van der Waals surface area contributed by atoms with Crippen molar-refractivity contribution in [2.45, 2.75) is 24.9 Å². The normalized spacial score (nSPS) is 18.5. The number of hydrogen-bond acceptors (Lipinski definition) is 5. The summed E-state index contributed by atoms with van der Waals surface area (Å²) < 4.78 is 24.8. The van der Waals surface area contributed by atoms with Crippen molar-refractivity contribution >= 4 is 17.2 Å². The van der Waals surface area contributed by atoms with Gasteiger partial charge in [-0.05, 0) is 59.7 Å². The molecule has 1 N–H and O–H groups in total. The highest BCUT2D eigenvalue weighted by Gasteiger charge is 2.31. The molecular formula is C25H25FN2O3S. The van der Waals surface area contributed by atoms with Crippen molar-refractivity contribution in [3.8, 4) is 11.5 Å². The van der Waals surface area contributed by atoms with Crippen LogP contribution in [0.4, 0.5) is 4.39 Å². The van der Waals surface area contributed by atoms with Gasteiger partial charge < -0.3 is 14.4 Å². The second-order valence-electron chi connectivity index (χ2n) is 8.03. The zero-order valence-electron chi connectivity index (χ0n) is 17.6. The summed E-state index contributed by atoms with van der Waals surface area (Å²) in [5.74, 6) is 1.30. The van der Waals surface area contributed by atoms with Crippen LogP contribution in [0, 0.1) is 5.82 Å². The summed E-state index contributed by atoms with van der Waals surface area (Å²) >= 11 is 1.62. The van der Waals surface area contributed by atoms with Gasteiger partial charge in [-0.25, -0.2) is 4.39 Å². The van der Waals surface area contributed by atoms with Crippen LogP contribution in [0.15, 0.2) is 60.0 Å². The lowest BCUT2D eigenvalue weighted by Crippen LogP contribution is -2.39. The Morgan fingerprint density at radius 2 is 1.94 bits per heavy atom. The minimum Gasteiger partial charge on any atom is -0.486 e. The Morgan fingerprint density at radius 3 is 2.72 bits per heavy atom. The predicted molar refractivity (Wildman–Crippen MR) is 122 cm³/mol. The third kappa shape index (κ3) is 4.36. The molecule has 2 aromatic carbocycles. The van der Waals surface area contributed by atoms with Crippen LogP contribution in [0.3, 0.4) is 0 Å². The highest BCUT2D eigenvalue weighted by atomic mass is 32.1. The van der Waals surface area contributed by atoms with E-state index in [2.05, 4.69) is 5.32 Å². The largest absolute Gasteiger partial charge is 0.486 e. The molecule has 1 fully saturated rings. The monoisotopic (exact) mass is 452 g/mol. The van der Waals surface area contributed by atoms with Gasteiger partial charge >= 0.3 is 0 Å². The molecule has 0 bridgehead atoms. The number of nitrogens with zero attached hydrogens (tertiary/aromatic N) is 1. The number of likely N-dealkylation sites (tertiary alicyclic amines) is 1. The SMILES string of the molecule is O=C(CN[C@H](c1ccc(F)cc1)c1cccs1)N1CCC[C@@H]1c1ccc2c(c1)OCCO2. The van der Waals surface area contributed by atoms with E-state index in [9.17, 15) is 9.18 Å². The number of amides is 1. The molecule has 32 heavy (non-hydrogen) atoms. The van der Waals surface area contributed by atoms with E-state index in [1.54, 1.807) is 23.5 Å². The first-order valence-electron chi connectivity index (χ1n) is 10.9. The molecule has 1 saturated heterocycles. The summed E-state index contributed by atoms with van der Waals surface area (Å²) in [5, 5.41) is 5.42. The highest BCUT2D eigenvalue weighted by molar-refractivity contribution is 7.10. The van der Waals surface area contributed by atoms with Gasteiger partial charge in [-0.1, -0.05) is 24.3 Å². The molecule has 0 aliphatic carbocycles. The fraction of sp³-hybridized carbons (Fsp3) is 0.320. The number of fused-ring (bicyclic) bond motifs is 1. The topological polar surface area (TPSA) is 50.8 Å². The van der Waals surface area contributed by atoms with E-state index in [1.165, 1.54) is 12.1 Å². The lowest BCUT2D eigenvalue weighted by Gasteiger charge is -2.28. The van der Waals surface area contributed by atoms with Crippen LogP contribution >= 0.6 is 11.3 Å². The third-order valence-electron chi connectivity index (χ3n) is 6.01. The number of hydrogen-bond donors (Lipinski definition) is 1. The maximum absolute atomic E-state index is 13.4. The Morgan fingerprint density at radius 1 is 1.12 bits per heavy atom. The van der Waals surface area contributed by atoms with Gasteiger partial charge in [0.2, 0.25) is 5.91 Å². The average molecular weight is 453 g/mol. The van der Waals surface area contributed by atoms with Crippen LogP contribution in [0.5, 0.6) is 11.5 Å². The molecule has 0 spiro atoms. The fourth-order valence-electron chi connectivity index (χ4n) is 4.46. The van der Waals surface area contributed by atoms with Crippen molar-refractivity contribution in [3.05, 3.63) is 81.8 Å². The van der Waals surface area contributed by atoms with Crippen molar-refractivity contribution in [2.24, 2.45) is 0 Å². The molecule has 1 amide bonds. The van der Waals surface area contributed by atoms with Gasteiger partial charge in [-0.3, -0.25) is 10.1 Å². The van der Waals surface area contributed by atoms with Crippen LogP contribution in [-0.4, -0.2) is 37.1 Å². The molecule has 0 saturated carbocycles. The number of nitrogens with one attached hydrogen (secondary N) is 1. The zero-order chi connectivity index (χ0) is 21.9. The van der Waals surface area contributed by atoms with E-state index < -0.39 is 0 Å². The van der Waals surface area contributed by atoms with E-state index in [1.807, 2.05) is 40.6 Å². The van der Waals surface area contributed by atoms with Gasteiger partial charge in [-0.15, -0.1) is 11.3 Å². The highest BCUT2D eigenvalue weighted by Crippen LogP contribution is 2.38. The van der Waals surface area contributed by atoms with E-state index in [0.717, 1.165) is 46.9 Å². The number of halogens is 1. The van der Waals surface area contributed by atoms with Gasteiger partial charge in [0.15, 0.2) is 11.5 Å². The Kier molecular flexibility index (Phi) is 6.10. The number of carbonyl (C=O) groups excluding carboxylic acids is 1. The van der Waals surface area contributed by atoms with Crippen molar-refractivity contribution in [1.82, 2.24) is 10.2 Å². The Hall–Kier alpha value is -2.90. The second kappa shape index (κ2) is 9.30. The molecule has 166 valence electrons. The van der Waals surface area contributed by atoms with E-state index in [-0.39, 0.29) is 30.4 Å². The fourth-order valence-corrected chi connectivity index (χ4v) is 5.29. The van der Waals surface area contributed by atoms with Crippen LogP contribution in [0.25, 0.3) is 0 Å². The molecule has 7 heteroatoms. The molecule has 2 atom stereocenters. The summed E-state index contributed by atoms with van der Waals surface area (Å²) in [6, 6.07) is 16.3. The molecule has 3 aromatic rings. The van der Waals surface area contributed by atoms with Crippen molar-refractivity contribution in [2.75, 3.05) is 26.3 Å². The zero-order valence-corrected chi connectivity index (χ0v) is 18.4. The summed E-state index contributed by atoms with van der Waals surface area (Å²) in [4.78, 5) is 16.3. The average Bonchev–Trinajstić information content (AvgIpc) is 3.52. The van der Waals surface area contributed by atoms with E-state index in [4.69, 9.17) is 9.47 Å². The number of thiophene rings is 1. The molecule has 3 heterocycles. The Bertz CT molecular complexity index is 1070. The third-order valence-corrected chi connectivity index (χ3v) is 6.95. The van der Waals surface area contributed by atoms with Gasteiger partial charge in [-0.2, -0.15) is 0 Å². The molecule has 0 unspecified atom stereocenters. The molecule has 2 aliphatic rings. The molecule has 5 rings (SSSR count). The number of benzene rings is 2. The van der Waals surface area contributed by atoms with Crippen molar-refractivity contribution in [3.63, 3.8) is 0 Å². The molecule has 5 nitrogen and oxygen atoms in total. The van der Waals surface area contributed by atoms with Crippen LogP contribution in [0.2, 0.25) is 0 Å². The number of ether oxygens (including phenoxy) is 2. The summed E-state index contributed by atoms with van der Waals surface area (Å²) in [6.07, 6.45) is 1.90. The van der Waals surface area contributed by atoms with E-state index in [0.29, 0.717) is 13.2 Å². The van der Waals surface area contributed by atoms with Crippen molar-refractivity contribution in [1.29, 1.82) is 0 Å². The summed E-state index contributed by atoms with van der Waals surface area (Å²) in [5.41, 5.74) is 2.01. The smallest absolute Gasteiger partial charge is 0.237 e. The van der Waals surface area contributed by atoms with Gasteiger partial charge in [0.05, 0.1) is 18.6 Å². The van der Waals surface area contributed by atoms with Crippen LogP contribution < -0.4 is 14.8 Å². The second-order valence-corrected chi connectivity index (χ2v) is 9.01. The number of rotatable bonds is 6. The van der Waals surface area contributed by atoms with Crippen molar-refractivity contribution < 1.29 is 18.7 Å². The first-order chi connectivity index (χ1) is 15.7. The maximum Gasteiger partial charge on any atom is 0.237 e. The number of carbonyl (C=O) groups is 1. The summed E-state index contributed by atoms with van der Waals surface area (Å²) in [6.45, 7) is 2.05. The quantitative estimate of drug-likeness (QED) is 0.589. The van der Waals surface area contributed by atoms with Gasteiger partial charge in [0.25, 0.3) is 0 Å². The minimum atomic E-state index is -0.269. The standard InChI is InChI=1S/C25H25FN2O3S/c26-19-8-5-17(6-9-19)25(23-4-2-14-32-23)27-16-24(29)28-11-1-3-20(28)18-7-10-21-22(15-18)31-13-12-30-21/h2,4-10,14-15,20,25,27H,1,3,11-13,16H2/t20-,25-/m1/s1. The molecule has 0 radical (unpaired) electrons. The summed E-state index contributed by atoms with van der Waals surface area (Å²) in [7, 11) is 0. The molecule has 2 aliphatic heterocycles. The lowest BCUT2D eigenvalue weighted by atomic mass is 10.0. The first-order valence-corrected chi connectivity index (χ1v) is 11.8. The Balaban J connectivity index is 1.30. The van der Waals surface area contributed by atoms with Crippen LogP contribution in [0.1, 0.15) is 40.9 Å². The maximum atomic E-state index is 13.4. The first kappa shape index (κ1) is 21.0. The lowest BCUT2D eigenvalue weighted by molar-refractivity contribution is -0.131. The minimum absolute atomic E-state index is 0.0335. The molecular weight excluding hydrogens is 427 g/mol. The van der Waals surface area contributed by atoms with Crippen LogP contribution in [-0.2, 0) is 4.79 Å². The predicted octanol–water partition coefficient (Wildman–Crippen LogP) is 4.70. The van der Waals surface area contributed by atoms with Gasteiger partial charge in [0, 0.05) is 11.4 Å².